The van der Waals surface area contributed by atoms with Crippen LogP contribution in [0, 0.1) is 0 Å². The van der Waals surface area contributed by atoms with Crippen LogP contribution in [0.4, 0.5) is 4.79 Å². The van der Waals surface area contributed by atoms with Gasteiger partial charge in [-0.1, -0.05) is 0 Å². The molecule has 2 aromatic heterocycles. The van der Waals surface area contributed by atoms with E-state index >= 15 is 0 Å². The van der Waals surface area contributed by atoms with E-state index in [1.807, 2.05) is 11.5 Å². The number of hydrogen-bond acceptors (Lipinski definition) is 5. The highest BCUT2D eigenvalue weighted by molar-refractivity contribution is 5.84. The molecule has 2 heterocycles. The van der Waals surface area contributed by atoms with E-state index in [1.165, 1.54) is 12.1 Å². The zero-order valence-corrected chi connectivity index (χ0v) is 11.4. The molecule has 0 fully saturated rings. The summed E-state index contributed by atoms with van der Waals surface area (Å²) >= 11 is 0. The first kappa shape index (κ1) is 14.6. The lowest BCUT2D eigenvalue weighted by Crippen LogP contribution is -2.35. The minimum Gasteiger partial charge on any atom is -0.475 e. The molecule has 2 amide bonds. The van der Waals surface area contributed by atoms with E-state index in [1.54, 1.807) is 6.33 Å². The molecule has 2 aromatic rings. The van der Waals surface area contributed by atoms with Gasteiger partial charge in [-0.25, -0.2) is 9.59 Å². The Balaban J connectivity index is 1.78. The molecule has 0 aliphatic carbocycles. The number of aryl methyl sites for hydroxylation is 1. The number of carboxylic acid groups (broad SMARTS) is 1. The third-order valence-electron chi connectivity index (χ3n) is 2.74. The fourth-order valence-corrected chi connectivity index (χ4v) is 1.66. The van der Waals surface area contributed by atoms with Gasteiger partial charge in [0.15, 0.2) is 5.82 Å². The minimum absolute atomic E-state index is 0.0968. The molecule has 0 spiro atoms. The molecule has 0 aromatic carbocycles. The van der Waals surface area contributed by atoms with E-state index in [0.29, 0.717) is 11.6 Å². The van der Waals surface area contributed by atoms with Gasteiger partial charge >= 0.3 is 12.0 Å². The fourth-order valence-electron chi connectivity index (χ4n) is 1.66. The van der Waals surface area contributed by atoms with E-state index in [4.69, 9.17) is 9.52 Å². The molecular formula is C12H15N5O4. The number of aromatic nitrogens is 3. The van der Waals surface area contributed by atoms with Crippen LogP contribution in [-0.4, -0.2) is 31.9 Å². The van der Waals surface area contributed by atoms with Crippen molar-refractivity contribution in [3.63, 3.8) is 0 Å². The number of carbonyl (C=O) groups is 2. The summed E-state index contributed by atoms with van der Waals surface area (Å²) in [4.78, 5) is 22.3. The third kappa shape index (κ3) is 3.81. The van der Waals surface area contributed by atoms with Gasteiger partial charge in [0, 0.05) is 6.54 Å². The number of nitrogens with one attached hydrogen (secondary N) is 2. The lowest BCUT2D eigenvalue weighted by molar-refractivity contribution is 0.0660. The van der Waals surface area contributed by atoms with Crippen molar-refractivity contribution in [1.82, 2.24) is 25.4 Å². The Bertz CT molecular complexity index is 633. The summed E-state index contributed by atoms with van der Waals surface area (Å²) in [6, 6.07) is 2.42. The minimum atomic E-state index is -1.15. The summed E-state index contributed by atoms with van der Waals surface area (Å²) in [5.41, 5.74) is 0. The van der Waals surface area contributed by atoms with Crippen LogP contribution in [0.1, 0.15) is 29.1 Å². The van der Waals surface area contributed by atoms with Gasteiger partial charge in [-0.05, 0) is 19.1 Å². The molecule has 0 aliphatic heterocycles. The van der Waals surface area contributed by atoms with Crippen LogP contribution >= 0.6 is 0 Å². The molecule has 0 bridgehead atoms. The van der Waals surface area contributed by atoms with Crippen molar-refractivity contribution >= 4 is 12.0 Å². The van der Waals surface area contributed by atoms with E-state index in [-0.39, 0.29) is 18.8 Å². The molecule has 0 radical (unpaired) electrons. The third-order valence-corrected chi connectivity index (χ3v) is 2.74. The van der Waals surface area contributed by atoms with E-state index < -0.39 is 12.0 Å². The number of urea groups is 1. The summed E-state index contributed by atoms with van der Waals surface area (Å²) < 4.78 is 6.83. The van der Waals surface area contributed by atoms with Crippen LogP contribution in [0.25, 0.3) is 0 Å². The van der Waals surface area contributed by atoms with Gasteiger partial charge in [0.05, 0.1) is 13.1 Å². The SMILES string of the molecule is CCn1cnnc1CNC(=O)NCc1ccc(C(=O)O)o1. The van der Waals surface area contributed by atoms with Gasteiger partial charge in [0.2, 0.25) is 5.76 Å². The molecule has 0 saturated heterocycles. The Morgan fingerprint density at radius 2 is 2.10 bits per heavy atom. The zero-order chi connectivity index (χ0) is 15.2. The molecule has 9 heteroatoms. The predicted molar refractivity (Wildman–Crippen MR) is 70.4 cm³/mol. The van der Waals surface area contributed by atoms with Crippen molar-refractivity contribution < 1.29 is 19.1 Å². The molecule has 9 nitrogen and oxygen atoms in total. The number of nitrogens with zero attached hydrogens (tertiary/aromatic N) is 3. The molecular weight excluding hydrogens is 278 g/mol. The number of amides is 2. The van der Waals surface area contributed by atoms with E-state index in [2.05, 4.69) is 20.8 Å². The van der Waals surface area contributed by atoms with Crippen molar-refractivity contribution in [3.05, 3.63) is 35.8 Å². The number of hydrogen-bond donors (Lipinski definition) is 3. The zero-order valence-electron chi connectivity index (χ0n) is 11.4. The van der Waals surface area contributed by atoms with Gasteiger partial charge < -0.3 is 24.7 Å². The Labute approximate surface area is 120 Å². The van der Waals surface area contributed by atoms with Gasteiger partial charge in [0.25, 0.3) is 0 Å². The Morgan fingerprint density at radius 1 is 1.33 bits per heavy atom. The van der Waals surface area contributed by atoms with Crippen LogP contribution in [0.15, 0.2) is 22.9 Å². The second-order valence-electron chi connectivity index (χ2n) is 4.14. The van der Waals surface area contributed by atoms with Crippen molar-refractivity contribution in [1.29, 1.82) is 0 Å². The number of rotatable bonds is 6. The predicted octanol–water partition coefficient (Wildman–Crippen LogP) is 0.589. The van der Waals surface area contributed by atoms with Crippen molar-refractivity contribution in [2.45, 2.75) is 26.6 Å². The quantitative estimate of drug-likeness (QED) is 0.716. The number of aromatic carboxylic acids is 1. The molecule has 0 aliphatic rings. The first-order chi connectivity index (χ1) is 10.1. The second kappa shape index (κ2) is 6.55. The first-order valence-corrected chi connectivity index (χ1v) is 6.30. The molecule has 0 atom stereocenters. The van der Waals surface area contributed by atoms with Crippen molar-refractivity contribution in [2.75, 3.05) is 0 Å². The fraction of sp³-hybridized carbons (Fsp3) is 0.333. The van der Waals surface area contributed by atoms with Crippen LogP contribution < -0.4 is 10.6 Å². The summed E-state index contributed by atoms with van der Waals surface area (Å²) in [6.07, 6.45) is 1.59. The lowest BCUT2D eigenvalue weighted by Gasteiger charge is -2.06. The summed E-state index contributed by atoms with van der Waals surface area (Å²) in [7, 11) is 0. The largest absolute Gasteiger partial charge is 0.475 e. The summed E-state index contributed by atoms with van der Waals surface area (Å²) in [6.45, 7) is 3.01. The van der Waals surface area contributed by atoms with Crippen LogP contribution in [0.5, 0.6) is 0 Å². The highest BCUT2D eigenvalue weighted by Gasteiger charge is 2.10. The van der Waals surface area contributed by atoms with Gasteiger partial charge in [0.1, 0.15) is 12.1 Å². The Kier molecular flexibility index (Phi) is 4.54. The molecule has 0 unspecified atom stereocenters. The standard InChI is InChI=1S/C12H15N5O4/c1-2-17-7-15-16-10(17)6-14-12(20)13-5-8-3-4-9(21-8)11(18)19/h3-4,7H,2,5-6H2,1H3,(H,18,19)(H2,13,14,20). The topological polar surface area (TPSA) is 122 Å². The van der Waals surface area contributed by atoms with E-state index in [9.17, 15) is 9.59 Å². The van der Waals surface area contributed by atoms with Crippen LogP contribution in [-0.2, 0) is 19.6 Å². The lowest BCUT2D eigenvalue weighted by atomic mass is 10.4. The first-order valence-electron chi connectivity index (χ1n) is 6.30. The number of carboxylic acids is 1. The van der Waals surface area contributed by atoms with Crippen molar-refractivity contribution in [2.24, 2.45) is 0 Å². The maximum absolute atomic E-state index is 11.6. The number of carbonyl (C=O) groups excluding carboxylic acids is 1. The van der Waals surface area contributed by atoms with Gasteiger partial charge in [-0.2, -0.15) is 0 Å². The molecule has 2 rings (SSSR count). The maximum atomic E-state index is 11.6. The maximum Gasteiger partial charge on any atom is 0.371 e. The van der Waals surface area contributed by atoms with Crippen LogP contribution in [0.2, 0.25) is 0 Å². The summed E-state index contributed by atoms with van der Waals surface area (Å²) in [5.74, 6) is -0.300. The molecule has 21 heavy (non-hydrogen) atoms. The van der Waals surface area contributed by atoms with Gasteiger partial charge in [-0.3, -0.25) is 0 Å². The highest BCUT2D eigenvalue weighted by Crippen LogP contribution is 2.07. The average Bonchev–Trinajstić information content (AvgIpc) is 3.11. The van der Waals surface area contributed by atoms with E-state index in [0.717, 1.165) is 6.54 Å². The second-order valence-corrected chi connectivity index (χ2v) is 4.14. The Hall–Kier alpha value is -2.84. The average molecular weight is 293 g/mol. The Morgan fingerprint density at radius 3 is 2.76 bits per heavy atom. The number of furan rings is 1. The van der Waals surface area contributed by atoms with Crippen LogP contribution in [0.3, 0.4) is 0 Å². The molecule has 0 saturated carbocycles. The van der Waals surface area contributed by atoms with Crippen molar-refractivity contribution in [3.8, 4) is 0 Å². The highest BCUT2D eigenvalue weighted by atomic mass is 16.4. The van der Waals surface area contributed by atoms with Gasteiger partial charge in [-0.15, -0.1) is 10.2 Å². The molecule has 112 valence electrons. The monoisotopic (exact) mass is 293 g/mol. The smallest absolute Gasteiger partial charge is 0.371 e. The normalized spacial score (nSPS) is 10.3. The summed E-state index contributed by atoms with van der Waals surface area (Å²) in [5, 5.41) is 21.5. The molecule has 3 N–H and O–H groups in total.